The normalized spacial score (nSPS) is 13.4. The van der Waals surface area contributed by atoms with Gasteiger partial charge in [-0.1, -0.05) is 18.2 Å². The fourth-order valence-electron chi connectivity index (χ4n) is 1.62. The fourth-order valence-corrected chi connectivity index (χ4v) is 1.62. The maximum Gasteiger partial charge on any atom is 0.416 e. The molecular formula is C14H15F3N2O. The number of hydrogen-bond donors (Lipinski definition) is 1. The Balaban J connectivity index is 3.10. The number of rotatable bonds is 3. The first-order chi connectivity index (χ1) is 9.09. The van der Waals surface area contributed by atoms with Crippen LogP contribution in [0.5, 0.6) is 0 Å². The Morgan fingerprint density at radius 3 is 2.35 bits per heavy atom. The van der Waals surface area contributed by atoms with Gasteiger partial charge in [0.2, 0.25) is 5.91 Å². The molecule has 1 aromatic carbocycles. The number of nitrogens with zero attached hydrogens (tertiary/aromatic N) is 1. The maximum atomic E-state index is 12.7. The summed E-state index contributed by atoms with van der Waals surface area (Å²) in [7, 11) is 0. The molecule has 0 saturated heterocycles. The minimum Gasteiger partial charge on any atom is -0.340 e. The van der Waals surface area contributed by atoms with E-state index in [-0.39, 0.29) is 5.56 Å². The van der Waals surface area contributed by atoms with Gasteiger partial charge in [-0.2, -0.15) is 18.4 Å². The summed E-state index contributed by atoms with van der Waals surface area (Å²) in [5.74, 6) is -0.495. The Hall–Kier alpha value is -2.03. The monoisotopic (exact) mass is 284 g/mol. The van der Waals surface area contributed by atoms with Crippen molar-refractivity contribution in [1.82, 2.24) is 5.32 Å². The van der Waals surface area contributed by atoms with Crippen molar-refractivity contribution in [2.75, 3.05) is 0 Å². The lowest BCUT2D eigenvalue weighted by Crippen LogP contribution is -2.43. The Bertz CT molecular complexity index is 544. The summed E-state index contributed by atoms with van der Waals surface area (Å²) < 4.78 is 38.0. The van der Waals surface area contributed by atoms with Crippen molar-refractivity contribution in [3.05, 3.63) is 35.4 Å². The van der Waals surface area contributed by atoms with E-state index in [1.807, 2.05) is 6.07 Å². The van der Waals surface area contributed by atoms with E-state index < -0.39 is 29.1 Å². The average molecular weight is 284 g/mol. The molecule has 0 aliphatic rings. The SMILES string of the molecule is C[C@H](C#N)NC(=O)C(C)(C)c1cccc(C(F)(F)F)c1. The molecule has 1 amide bonds. The van der Waals surface area contributed by atoms with E-state index in [0.717, 1.165) is 12.1 Å². The molecule has 20 heavy (non-hydrogen) atoms. The number of benzene rings is 1. The van der Waals surface area contributed by atoms with Crippen LogP contribution in [0.4, 0.5) is 13.2 Å². The van der Waals surface area contributed by atoms with Crippen LogP contribution in [-0.2, 0) is 16.4 Å². The van der Waals surface area contributed by atoms with Crippen LogP contribution in [-0.4, -0.2) is 11.9 Å². The fraction of sp³-hybridized carbons (Fsp3) is 0.429. The number of carbonyl (C=O) groups excluding carboxylic acids is 1. The molecule has 0 radical (unpaired) electrons. The van der Waals surface area contributed by atoms with Crippen LogP contribution in [0.3, 0.4) is 0 Å². The van der Waals surface area contributed by atoms with E-state index in [2.05, 4.69) is 5.32 Å². The molecule has 0 unspecified atom stereocenters. The van der Waals surface area contributed by atoms with E-state index in [9.17, 15) is 18.0 Å². The van der Waals surface area contributed by atoms with Gasteiger partial charge < -0.3 is 5.32 Å². The number of alkyl halides is 3. The number of nitriles is 1. The lowest BCUT2D eigenvalue weighted by molar-refractivity contribution is -0.138. The van der Waals surface area contributed by atoms with Gasteiger partial charge in [0.25, 0.3) is 0 Å². The van der Waals surface area contributed by atoms with E-state index in [0.29, 0.717) is 0 Å². The zero-order chi connectivity index (χ0) is 15.6. The highest BCUT2D eigenvalue weighted by atomic mass is 19.4. The van der Waals surface area contributed by atoms with E-state index in [4.69, 9.17) is 5.26 Å². The van der Waals surface area contributed by atoms with Crippen LogP contribution in [0.2, 0.25) is 0 Å². The quantitative estimate of drug-likeness (QED) is 0.927. The second-order valence-electron chi connectivity index (χ2n) is 5.03. The van der Waals surface area contributed by atoms with Crippen LogP contribution in [0.15, 0.2) is 24.3 Å². The van der Waals surface area contributed by atoms with Gasteiger partial charge in [0.1, 0.15) is 6.04 Å². The highest BCUT2D eigenvalue weighted by Crippen LogP contribution is 2.32. The first-order valence-electron chi connectivity index (χ1n) is 5.97. The standard InChI is InChI=1S/C14H15F3N2O/c1-9(8-18)19-12(20)13(2,3)10-5-4-6-11(7-10)14(15,16)17/h4-7,9H,1-3H3,(H,19,20)/t9-/m1/s1. The molecule has 0 heterocycles. The van der Waals surface area contributed by atoms with Crippen LogP contribution in [0.25, 0.3) is 0 Å². The molecule has 1 N–H and O–H groups in total. The summed E-state index contributed by atoms with van der Waals surface area (Å²) in [4.78, 5) is 12.1. The Labute approximate surface area is 115 Å². The molecule has 3 nitrogen and oxygen atoms in total. The highest BCUT2D eigenvalue weighted by molar-refractivity contribution is 5.87. The maximum absolute atomic E-state index is 12.7. The van der Waals surface area contributed by atoms with E-state index in [1.165, 1.54) is 32.9 Å². The largest absolute Gasteiger partial charge is 0.416 e. The summed E-state index contributed by atoms with van der Waals surface area (Å²) in [6, 6.07) is 5.78. The van der Waals surface area contributed by atoms with Crippen molar-refractivity contribution in [1.29, 1.82) is 5.26 Å². The second kappa shape index (κ2) is 5.53. The third kappa shape index (κ3) is 3.50. The number of hydrogen-bond acceptors (Lipinski definition) is 2. The van der Waals surface area contributed by atoms with E-state index >= 15 is 0 Å². The number of amides is 1. The van der Waals surface area contributed by atoms with Crippen molar-refractivity contribution in [2.45, 2.75) is 38.4 Å². The number of nitrogens with one attached hydrogen (secondary N) is 1. The van der Waals surface area contributed by atoms with Crippen molar-refractivity contribution < 1.29 is 18.0 Å². The predicted molar refractivity (Wildman–Crippen MR) is 67.7 cm³/mol. The molecule has 0 aliphatic carbocycles. The summed E-state index contributed by atoms with van der Waals surface area (Å²) in [5.41, 5.74) is -1.72. The van der Waals surface area contributed by atoms with Gasteiger partial charge >= 0.3 is 6.18 Å². The van der Waals surface area contributed by atoms with Crippen molar-refractivity contribution in [3.63, 3.8) is 0 Å². The molecule has 108 valence electrons. The van der Waals surface area contributed by atoms with Crippen LogP contribution in [0.1, 0.15) is 31.9 Å². The number of carbonyl (C=O) groups is 1. The Morgan fingerprint density at radius 2 is 1.85 bits per heavy atom. The number of halogens is 3. The zero-order valence-electron chi connectivity index (χ0n) is 11.4. The first-order valence-corrected chi connectivity index (χ1v) is 5.97. The van der Waals surface area contributed by atoms with Gasteiger partial charge in [0, 0.05) is 0 Å². The third-order valence-corrected chi connectivity index (χ3v) is 3.02. The first kappa shape index (κ1) is 16.0. The van der Waals surface area contributed by atoms with Crippen molar-refractivity contribution in [2.24, 2.45) is 0 Å². The molecule has 0 aromatic heterocycles. The Kier molecular flexibility index (Phi) is 4.43. The average Bonchev–Trinajstić information content (AvgIpc) is 2.37. The van der Waals surface area contributed by atoms with Crippen molar-refractivity contribution >= 4 is 5.91 Å². The van der Waals surface area contributed by atoms with Gasteiger partial charge in [-0.25, -0.2) is 0 Å². The summed E-state index contributed by atoms with van der Waals surface area (Å²) in [6.45, 7) is 4.53. The molecule has 1 atom stereocenters. The smallest absolute Gasteiger partial charge is 0.340 e. The minimum absolute atomic E-state index is 0.245. The second-order valence-corrected chi connectivity index (χ2v) is 5.03. The van der Waals surface area contributed by atoms with Crippen LogP contribution >= 0.6 is 0 Å². The van der Waals surface area contributed by atoms with Gasteiger partial charge in [-0.05, 0) is 32.4 Å². The molecule has 0 fully saturated rings. The Morgan fingerprint density at radius 1 is 1.30 bits per heavy atom. The van der Waals surface area contributed by atoms with Gasteiger partial charge in [-0.3, -0.25) is 4.79 Å². The molecule has 1 aromatic rings. The summed E-state index contributed by atoms with van der Waals surface area (Å²) in [6.07, 6.45) is -4.46. The van der Waals surface area contributed by atoms with Gasteiger partial charge in [-0.15, -0.1) is 0 Å². The van der Waals surface area contributed by atoms with E-state index in [1.54, 1.807) is 0 Å². The van der Waals surface area contributed by atoms with Crippen molar-refractivity contribution in [3.8, 4) is 6.07 Å². The van der Waals surface area contributed by atoms with Gasteiger partial charge in [0.15, 0.2) is 0 Å². The summed E-state index contributed by atoms with van der Waals surface area (Å²) >= 11 is 0. The lowest BCUT2D eigenvalue weighted by atomic mass is 9.82. The predicted octanol–water partition coefficient (Wildman–Crippen LogP) is 3.01. The molecule has 0 saturated carbocycles. The van der Waals surface area contributed by atoms with Crippen LogP contribution < -0.4 is 5.32 Å². The zero-order valence-corrected chi connectivity index (χ0v) is 11.4. The topological polar surface area (TPSA) is 52.9 Å². The minimum atomic E-state index is -4.46. The molecule has 0 bridgehead atoms. The highest BCUT2D eigenvalue weighted by Gasteiger charge is 2.35. The molecule has 0 aliphatic heterocycles. The molecular weight excluding hydrogens is 269 g/mol. The molecule has 1 rings (SSSR count). The molecule has 6 heteroatoms. The van der Waals surface area contributed by atoms with Gasteiger partial charge in [0.05, 0.1) is 17.0 Å². The lowest BCUT2D eigenvalue weighted by Gasteiger charge is -2.25. The summed E-state index contributed by atoms with van der Waals surface area (Å²) in [5, 5.41) is 11.1. The van der Waals surface area contributed by atoms with Crippen LogP contribution in [0, 0.1) is 11.3 Å². The molecule has 0 spiro atoms. The third-order valence-electron chi connectivity index (χ3n) is 3.02.